The smallest absolute Gasteiger partial charge is 0.276 e. The van der Waals surface area contributed by atoms with E-state index >= 15 is 0 Å². The molecule has 4 heteroatoms. The predicted molar refractivity (Wildman–Crippen MR) is 58.4 cm³/mol. The van der Waals surface area contributed by atoms with Gasteiger partial charge in [0.15, 0.2) is 0 Å². The molecule has 0 aliphatic rings. The Hall–Kier alpha value is -1.80. The van der Waals surface area contributed by atoms with Crippen LogP contribution in [-0.2, 0) is 0 Å². The molecule has 0 heterocycles. The lowest BCUT2D eigenvalue weighted by atomic mass is 10.2. The van der Waals surface area contributed by atoms with E-state index in [1.807, 2.05) is 31.2 Å². The number of nitrogens with two attached hydrogens (primary N) is 1. The van der Waals surface area contributed by atoms with Crippen LogP contribution in [-0.4, -0.2) is 24.1 Å². The summed E-state index contributed by atoms with van der Waals surface area (Å²) in [6.45, 7) is 3.49. The lowest BCUT2D eigenvalue weighted by Gasteiger charge is -2.19. The van der Waals surface area contributed by atoms with E-state index in [1.165, 1.54) is 6.21 Å². The predicted octanol–water partition coefficient (Wildman–Crippen LogP) is 1.40. The third-order valence-electron chi connectivity index (χ3n) is 2.02. The molecule has 1 aromatic carbocycles. The van der Waals surface area contributed by atoms with E-state index in [1.54, 1.807) is 0 Å². The van der Waals surface area contributed by atoms with E-state index in [0.717, 1.165) is 17.9 Å². The molecule has 0 aliphatic heterocycles. The summed E-state index contributed by atoms with van der Waals surface area (Å²) in [6, 6.07) is 7.61. The fraction of sp³-hybridized carbons (Fsp3) is 0.300. The minimum atomic E-state index is 0.594. The van der Waals surface area contributed by atoms with Crippen LogP contribution < -0.4 is 10.6 Å². The number of rotatable bonds is 4. The number of benzene rings is 1. The van der Waals surface area contributed by atoms with Crippen molar-refractivity contribution in [3.63, 3.8) is 0 Å². The van der Waals surface area contributed by atoms with Crippen molar-refractivity contribution in [1.82, 2.24) is 0 Å². The maximum atomic E-state index is 8.32. The van der Waals surface area contributed by atoms with Gasteiger partial charge in [0.25, 0.3) is 6.21 Å². The van der Waals surface area contributed by atoms with Crippen molar-refractivity contribution in [3.05, 3.63) is 29.8 Å². The first-order chi connectivity index (χ1) is 6.77. The van der Waals surface area contributed by atoms with E-state index in [0.29, 0.717) is 6.54 Å². The molecule has 1 aromatic rings. The van der Waals surface area contributed by atoms with Gasteiger partial charge in [-0.1, -0.05) is 0 Å². The number of nitrogen functional groups attached to an aromatic ring is 1. The highest BCUT2D eigenvalue weighted by Crippen LogP contribution is 2.15. The van der Waals surface area contributed by atoms with Crippen LogP contribution in [0.4, 0.5) is 11.4 Å². The summed E-state index contributed by atoms with van der Waals surface area (Å²) in [5, 5.41) is 0. The zero-order chi connectivity index (χ0) is 10.4. The summed E-state index contributed by atoms with van der Waals surface area (Å²) in [5.74, 6) is 0. The minimum Gasteiger partial charge on any atom is -0.399 e. The second-order valence-corrected chi connectivity index (χ2v) is 2.93. The Bertz CT molecular complexity index is 324. The average molecular weight is 190 g/mol. The molecule has 0 saturated heterocycles. The molecule has 0 aliphatic carbocycles. The van der Waals surface area contributed by atoms with Gasteiger partial charge in [-0.2, -0.15) is 4.79 Å². The third-order valence-corrected chi connectivity index (χ3v) is 2.02. The third kappa shape index (κ3) is 2.61. The number of nitrogens with zero attached hydrogens (tertiary/aromatic N) is 3. The van der Waals surface area contributed by atoms with Gasteiger partial charge < -0.3 is 16.2 Å². The van der Waals surface area contributed by atoms with Crippen molar-refractivity contribution >= 4 is 17.6 Å². The summed E-state index contributed by atoms with van der Waals surface area (Å²) in [6.07, 6.45) is 1.46. The van der Waals surface area contributed by atoms with Gasteiger partial charge in [0.1, 0.15) is 6.54 Å². The lowest BCUT2D eigenvalue weighted by molar-refractivity contribution is 0.00210. The molecule has 14 heavy (non-hydrogen) atoms. The Balaban J connectivity index is 2.78. The Kier molecular flexibility index (Phi) is 3.70. The van der Waals surface area contributed by atoms with Gasteiger partial charge >= 0.3 is 0 Å². The highest BCUT2D eigenvalue weighted by Gasteiger charge is 2.03. The molecule has 4 nitrogen and oxygen atoms in total. The van der Waals surface area contributed by atoms with Gasteiger partial charge in [-0.25, -0.2) is 0 Å². The Labute approximate surface area is 83.6 Å². The van der Waals surface area contributed by atoms with Crippen molar-refractivity contribution in [1.29, 1.82) is 0 Å². The minimum absolute atomic E-state index is 0.594. The zero-order valence-corrected chi connectivity index (χ0v) is 8.22. The topological polar surface area (TPSA) is 65.7 Å². The molecule has 0 spiro atoms. The van der Waals surface area contributed by atoms with Gasteiger partial charge in [-0.15, -0.1) is 0 Å². The van der Waals surface area contributed by atoms with Crippen LogP contribution in [0.15, 0.2) is 24.3 Å². The van der Waals surface area contributed by atoms with Crippen LogP contribution in [0.5, 0.6) is 0 Å². The monoisotopic (exact) mass is 190 g/mol. The van der Waals surface area contributed by atoms with Crippen molar-refractivity contribution < 1.29 is 4.79 Å². The molecule has 0 amide bonds. The van der Waals surface area contributed by atoms with Gasteiger partial charge in [0, 0.05) is 17.9 Å². The molecule has 0 fully saturated rings. The molecule has 0 bridgehead atoms. The van der Waals surface area contributed by atoms with Crippen molar-refractivity contribution in [2.45, 2.75) is 6.92 Å². The molecule has 0 radical (unpaired) electrons. The van der Waals surface area contributed by atoms with E-state index in [2.05, 4.69) is 9.69 Å². The molecule has 0 saturated carbocycles. The molecule has 74 valence electrons. The Morgan fingerprint density at radius 2 is 2.07 bits per heavy atom. The maximum absolute atomic E-state index is 8.32. The fourth-order valence-electron chi connectivity index (χ4n) is 1.24. The van der Waals surface area contributed by atoms with Crippen LogP contribution in [0.1, 0.15) is 6.92 Å². The number of anilines is 2. The molecule has 0 aromatic heterocycles. The highest BCUT2D eigenvalue weighted by atomic mass is 15.1. The Morgan fingerprint density at radius 3 is 2.57 bits per heavy atom. The molecule has 0 unspecified atom stereocenters. The van der Waals surface area contributed by atoms with Crippen molar-refractivity contribution in [2.75, 3.05) is 23.7 Å². The van der Waals surface area contributed by atoms with Crippen molar-refractivity contribution in [2.24, 2.45) is 0 Å². The number of hydrogen-bond donors (Lipinski definition) is 1. The SMILES string of the molecule is CCN(CC=[N+]=[N-])c1ccc(N)cc1. The van der Waals surface area contributed by atoms with E-state index in [4.69, 9.17) is 11.3 Å². The normalized spacial score (nSPS) is 9.21. The quantitative estimate of drug-likeness (QED) is 0.337. The van der Waals surface area contributed by atoms with Crippen LogP contribution in [0, 0.1) is 0 Å². The molecule has 0 atom stereocenters. The number of hydrogen-bond acceptors (Lipinski definition) is 2. The van der Waals surface area contributed by atoms with E-state index < -0.39 is 0 Å². The van der Waals surface area contributed by atoms with Gasteiger partial charge in [0.05, 0.1) is 0 Å². The largest absolute Gasteiger partial charge is 0.399 e. The van der Waals surface area contributed by atoms with Gasteiger partial charge in [-0.05, 0) is 31.2 Å². The second kappa shape index (κ2) is 5.04. The molecular weight excluding hydrogens is 176 g/mol. The summed E-state index contributed by atoms with van der Waals surface area (Å²) in [5.41, 5.74) is 15.7. The Morgan fingerprint density at radius 1 is 1.43 bits per heavy atom. The standard InChI is InChI=1S/C10H14N4/c1-2-14(8-7-13-12)10-5-3-9(11)4-6-10/h3-7H,2,8,11H2,1H3. The molecule has 2 N–H and O–H groups in total. The van der Waals surface area contributed by atoms with Crippen LogP contribution in [0.2, 0.25) is 0 Å². The zero-order valence-electron chi connectivity index (χ0n) is 8.22. The summed E-state index contributed by atoms with van der Waals surface area (Å²) >= 11 is 0. The van der Waals surface area contributed by atoms with Crippen molar-refractivity contribution in [3.8, 4) is 0 Å². The van der Waals surface area contributed by atoms with Gasteiger partial charge in [-0.3, -0.25) is 0 Å². The molecular formula is C10H14N4. The summed E-state index contributed by atoms with van der Waals surface area (Å²) < 4.78 is 0. The van der Waals surface area contributed by atoms with Gasteiger partial charge in [0.2, 0.25) is 0 Å². The van der Waals surface area contributed by atoms with Crippen LogP contribution >= 0.6 is 0 Å². The first-order valence-corrected chi connectivity index (χ1v) is 4.54. The maximum Gasteiger partial charge on any atom is 0.276 e. The first-order valence-electron chi connectivity index (χ1n) is 4.54. The van der Waals surface area contributed by atoms with E-state index in [9.17, 15) is 0 Å². The average Bonchev–Trinajstić information content (AvgIpc) is 2.21. The highest BCUT2D eigenvalue weighted by molar-refractivity contribution is 5.62. The first kappa shape index (κ1) is 10.3. The van der Waals surface area contributed by atoms with Crippen LogP contribution in [0.25, 0.3) is 5.53 Å². The van der Waals surface area contributed by atoms with E-state index in [-0.39, 0.29) is 0 Å². The fourth-order valence-corrected chi connectivity index (χ4v) is 1.24. The van der Waals surface area contributed by atoms with Crippen LogP contribution in [0.3, 0.4) is 0 Å². The summed E-state index contributed by atoms with van der Waals surface area (Å²) in [4.78, 5) is 5.04. The molecule has 1 rings (SSSR count). The second-order valence-electron chi connectivity index (χ2n) is 2.93. The lowest BCUT2D eigenvalue weighted by Crippen LogP contribution is -2.24. The summed E-state index contributed by atoms with van der Waals surface area (Å²) in [7, 11) is 0.